The average molecular weight is 276 g/mol. The highest BCUT2D eigenvalue weighted by atomic mass is 32.1. The molecule has 0 aliphatic heterocycles. The monoisotopic (exact) mass is 276 g/mol. The Morgan fingerprint density at radius 1 is 1.53 bits per heavy atom. The molecule has 0 saturated heterocycles. The van der Waals surface area contributed by atoms with Crippen LogP contribution in [0.3, 0.4) is 0 Å². The molecule has 19 heavy (non-hydrogen) atoms. The Morgan fingerprint density at radius 2 is 2.21 bits per heavy atom. The molecule has 1 heterocycles. The number of rotatable bonds is 2. The van der Waals surface area contributed by atoms with Gasteiger partial charge in [0.25, 0.3) is 0 Å². The number of carbonyl (C=O) groups is 2. The van der Waals surface area contributed by atoms with E-state index < -0.39 is 11.4 Å². The number of ketones is 1. The summed E-state index contributed by atoms with van der Waals surface area (Å²) in [5, 5.41) is 18.7. The van der Waals surface area contributed by atoms with E-state index in [9.17, 15) is 14.9 Å². The van der Waals surface area contributed by atoms with Crippen LogP contribution in [0.15, 0.2) is 0 Å². The quantitative estimate of drug-likeness (QED) is 0.860. The lowest BCUT2D eigenvalue weighted by Gasteiger charge is -2.29. The first-order valence-electron chi connectivity index (χ1n) is 6.11. The van der Waals surface area contributed by atoms with E-state index in [1.165, 1.54) is 0 Å². The molecule has 5 nitrogen and oxygen atoms in total. The number of nitrogens with two attached hydrogens (primary N) is 1. The first-order chi connectivity index (χ1) is 9.01. The van der Waals surface area contributed by atoms with Crippen molar-refractivity contribution in [2.24, 2.45) is 11.3 Å². The van der Waals surface area contributed by atoms with E-state index >= 15 is 0 Å². The highest BCUT2D eigenvalue weighted by Crippen LogP contribution is 2.54. The lowest BCUT2D eigenvalue weighted by atomic mass is 9.70. The molecule has 1 fully saturated rings. The van der Waals surface area contributed by atoms with Gasteiger partial charge in [-0.3, -0.25) is 4.79 Å². The fourth-order valence-electron chi connectivity index (χ4n) is 2.94. The number of hydrogen-bond acceptors (Lipinski definition) is 5. The molecule has 1 saturated carbocycles. The molecule has 2 aliphatic carbocycles. The van der Waals surface area contributed by atoms with E-state index in [1.807, 2.05) is 0 Å². The molecule has 0 spiro atoms. The molecule has 0 radical (unpaired) electrons. The second kappa shape index (κ2) is 3.81. The van der Waals surface area contributed by atoms with Gasteiger partial charge in [-0.1, -0.05) is 0 Å². The maximum absolute atomic E-state index is 12.6. The number of carbonyl (C=O) groups excluding carboxylic acids is 1. The lowest BCUT2D eigenvalue weighted by Crippen LogP contribution is -2.36. The van der Waals surface area contributed by atoms with E-state index in [2.05, 4.69) is 6.07 Å². The number of anilines is 1. The molecular weight excluding hydrogens is 264 g/mol. The Bertz CT molecular complexity index is 639. The summed E-state index contributed by atoms with van der Waals surface area (Å²) < 4.78 is 0. The number of aromatic carboxylic acids is 1. The van der Waals surface area contributed by atoms with Gasteiger partial charge >= 0.3 is 5.97 Å². The molecule has 0 bridgehead atoms. The number of carboxylic acid groups (broad SMARTS) is 1. The van der Waals surface area contributed by atoms with Crippen molar-refractivity contribution in [1.29, 1.82) is 5.26 Å². The molecule has 2 aliphatic rings. The molecule has 3 rings (SSSR count). The Balaban J connectivity index is 2.13. The van der Waals surface area contributed by atoms with Gasteiger partial charge in [0.05, 0.1) is 16.5 Å². The number of thiophene rings is 1. The van der Waals surface area contributed by atoms with Crippen molar-refractivity contribution in [3.8, 4) is 6.07 Å². The van der Waals surface area contributed by atoms with Crippen LogP contribution in [0.25, 0.3) is 0 Å². The van der Waals surface area contributed by atoms with Crippen LogP contribution < -0.4 is 5.73 Å². The minimum Gasteiger partial charge on any atom is -0.478 e. The zero-order valence-electron chi connectivity index (χ0n) is 10.1. The topological polar surface area (TPSA) is 104 Å². The fourth-order valence-corrected chi connectivity index (χ4v) is 4.08. The average Bonchev–Trinajstić information content (AvgIpc) is 3.14. The lowest BCUT2D eigenvalue weighted by molar-refractivity contribution is 0.0697. The van der Waals surface area contributed by atoms with Crippen LogP contribution >= 0.6 is 11.3 Å². The van der Waals surface area contributed by atoms with Crippen LogP contribution in [-0.4, -0.2) is 16.9 Å². The van der Waals surface area contributed by atoms with Crippen molar-refractivity contribution in [1.82, 2.24) is 0 Å². The summed E-state index contributed by atoms with van der Waals surface area (Å²) in [5.41, 5.74) is 5.34. The number of hydrogen-bond donors (Lipinski definition) is 2. The Kier molecular flexibility index (Phi) is 2.44. The van der Waals surface area contributed by atoms with E-state index in [1.54, 1.807) is 0 Å². The predicted molar refractivity (Wildman–Crippen MR) is 69.1 cm³/mol. The summed E-state index contributed by atoms with van der Waals surface area (Å²) in [5.74, 6) is -1.18. The van der Waals surface area contributed by atoms with Gasteiger partial charge in [-0.2, -0.15) is 5.26 Å². The van der Waals surface area contributed by atoms with E-state index in [0.29, 0.717) is 23.3 Å². The second-order valence-electron chi connectivity index (χ2n) is 5.14. The van der Waals surface area contributed by atoms with Gasteiger partial charge in [-0.15, -0.1) is 11.3 Å². The summed E-state index contributed by atoms with van der Waals surface area (Å²) >= 11 is 1.01. The van der Waals surface area contributed by atoms with E-state index in [4.69, 9.17) is 10.8 Å². The minimum absolute atomic E-state index is 0.0516. The van der Waals surface area contributed by atoms with Crippen LogP contribution in [0, 0.1) is 22.7 Å². The Hall–Kier alpha value is -1.87. The smallest absolute Gasteiger partial charge is 0.338 e. The first kappa shape index (κ1) is 12.2. The van der Waals surface area contributed by atoms with E-state index in [0.717, 1.165) is 24.2 Å². The zero-order valence-corrected chi connectivity index (χ0v) is 10.9. The highest BCUT2D eigenvalue weighted by Gasteiger charge is 2.54. The minimum atomic E-state index is -1.10. The number of fused-ring (bicyclic) bond motifs is 1. The molecule has 6 heteroatoms. The van der Waals surface area contributed by atoms with E-state index in [-0.39, 0.29) is 22.3 Å². The van der Waals surface area contributed by atoms with Gasteiger partial charge in [-0.05, 0) is 37.2 Å². The molecule has 3 N–H and O–H groups in total. The molecule has 0 aromatic carbocycles. The summed E-state index contributed by atoms with van der Waals surface area (Å²) in [7, 11) is 0. The third-order valence-electron chi connectivity index (χ3n) is 4.10. The summed E-state index contributed by atoms with van der Waals surface area (Å²) in [4.78, 5) is 24.2. The number of Topliss-reactive ketones (excluding diaryl/α,β-unsaturated/α-hetero) is 1. The largest absolute Gasteiger partial charge is 0.478 e. The number of carboxylic acids is 1. The van der Waals surface area contributed by atoms with Crippen LogP contribution in [0.5, 0.6) is 0 Å². The van der Waals surface area contributed by atoms with Gasteiger partial charge < -0.3 is 10.8 Å². The standard InChI is InChI=1S/C13H12N2O3S/c14-5-13(6-1-2-6)4-3-7-8(12(17)18)11(15)19-9(7)10(13)16/h6H,1-4,15H2,(H,17,18). The zero-order chi connectivity index (χ0) is 13.8. The van der Waals surface area contributed by atoms with Crippen LogP contribution in [0.2, 0.25) is 0 Å². The van der Waals surface area contributed by atoms with Crippen LogP contribution in [0.4, 0.5) is 5.00 Å². The van der Waals surface area contributed by atoms with Crippen LogP contribution in [0.1, 0.15) is 44.9 Å². The molecule has 1 unspecified atom stereocenters. The Morgan fingerprint density at radius 3 is 2.74 bits per heavy atom. The Labute approximate surface area is 113 Å². The van der Waals surface area contributed by atoms with Crippen LogP contribution in [-0.2, 0) is 6.42 Å². The number of nitrogens with zero attached hydrogens (tertiary/aromatic N) is 1. The second-order valence-corrected chi connectivity index (χ2v) is 6.19. The third-order valence-corrected chi connectivity index (χ3v) is 5.16. The van der Waals surface area contributed by atoms with Crippen molar-refractivity contribution in [3.05, 3.63) is 16.0 Å². The molecule has 98 valence electrons. The number of nitrogen functional groups attached to an aromatic ring is 1. The molecule has 1 aromatic rings. The number of nitriles is 1. The van der Waals surface area contributed by atoms with Gasteiger partial charge in [0, 0.05) is 0 Å². The van der Waals surface area contributed by atoms with Crippen molar-refractivity contribution in [2.75, 3.05) is 5.73 Å². The SMILES string of the molecule is N#CC1(C2CC2)CCc2c(sc(N)c2C(=O)O)C1=O. The van der Waals surface area contributed by atoms with Crippen molar-refractivity contribution in [2.45, 2.75) is 25.7 Å². The van der Waals surface area contributed by atoms with Gasteiger partial charge in [0.1, 0.15) is 10.4 Å². The maximum Gasteiger partial charge on any atom is 0.338 e. The summed E-state index contributed by atoms with van der Waals surface area (Å²) in [6, 6.07) is 2.20. The van der Waals surface area contributed by atoms with Crippen molar-refractivity contribution < 1.29 is 14.7 Å². The summed E-state index contributed by atoms with van der Waals surface area (Å²) in [6.07, 6.45) is 2.67. The molecule has 1 aromatic heterocycles. The third kappa shape index (κ3) is 1.51. The van der Waals surface area contributed by atoms with Crippen molar-refractivity contribution >= 4 is 28.1 Å². The molecular formula is C13H12N2O3S. The van der Waals surface area contributed by atoms with Gasteiger partial charge in [0.2, 0.25) is 0 Å². The van der Waals surface area contributed by atoms with Crippen molar-refractivity contribution in [3.63, 3.8) is 0 Å². The molecule has 1 atom stereocenters. The molecule has 0 amide bonds. The normalized spacial score (nSPS) is 25.7. The summed E-state index contributed by atoms with van der Waals surface area (Å²) in [6.45, 7) is 0. The first-order valence-corrected chi connectivity index (χ1v) is 6.93. The highest BCUT2D eigenvalue weighted by molar-refractivity contribution is 7.18. The van der Waals surface area contributed by atoms with Gasteiger partial charge in [0.15, 0.2) is 5.78 Å². The maximum atomic E-state index is 12.6. The van der Waals surface area contributed by atoms with Gasteiger partial charge in [-0.25, -0.2) is 4.79 Å². The fraction of sp³-hybridized carbons (Fsp3) is 0.462. The predicted octanol–water partition coefficient (Wildman–Crippen LogP) is 2.08.